The highest BCUT2D eigenvalue weighted by Gasteiger charge is 2.00. The van der Waals surface area contributed by atoms with Gasteiger partial charge in [0.15, 0.2) is 0 Å². The summed E-state index contributed by atoms with van der Waals surface area (Å²) in [6.07, 6.45) is 3.95. The van der Waals surface area contributed by atoms with Crippen LogP contribution in [-0.4, -0.2) is 13.3 Å². The van der Waals surface area contributed by atoms with E-state index in [0.29, 0.717) is 5.92 Å². The molecular weight excluding hydrogens is 186 g/mol. The van der Waals surface area contributed by atoms with Crippen LogP contribution in [0.15, 0.2) is 29.4 Å². The molecule has 82 valence electrons. The first kappa shape index (κ1) is 11.8. The SMILES string of the molecule is CCc1ccc(CC(C)C=NOC)cc1. The molecule has 0 aliphatic heterocycles. The Hall–Kier alpha value is -1.31. The highest BCUT2D eigenvalue weighted by Crippen LogP contribution is 2.09. The first-order chi connectivity index (χ1) is 7.26. The molecule has 1 rings (SSSR count). The van der Waals surface area contributed by atoms with Crippen molar-refractivity contribution in [2.24, 2.45) is 11.1 Å². The van der Waals surface area contributed by atoms with Crippen molar-refractivity contribution in [1.82, 2.24) is 0 Å². The van der Waals surface area contributed by atoms with Crippen molar-refractivity contribution in [3.63, 3.8) is 0 Å². The number of nitrogens with zero attached hydrogens (tertiary/aromatic N) is 1. The predicted octanol–water partition coefficient (Wildman–Crippen LogP) is 3.06. The van der Waals surface area contributed by atoms with Crippen LogP contribution in [0.25, 0.3) is 0 Å². The lowest BCUT2D eigenvalue weighted by Gasteiger charge is -2.06. The molecule has 0 fully saturated rings. The largest absolute Gasteiger partial charge is 0.399 e. The Morgan fingerprint density at radius 1 is 1.27 bits per heavy atom. The Labute approximate surface area is 91.9 Å². The molecule has 15 heavy (non-hydrogen) atoms. The van der Waals surface area contributed by atoms with Crippen LogP contribution in [0.1, 0.15) is 25.0 Å². The molecule has 0 amide bonds. The van der Waals surface area contributed by atoms with Crippen LogP contribution in [0, 0.1) is 5.92 Å². The molecule has 0 N–H and O–H groups in total. The first-order valence-corrected chi connectivity index (χ1v) is 5.40. The third-order valence-electron chi connectivity index (χ3n) is 2.41. The van der Waals surface area contributed by atoms with Crippen molar-refractivity contribution in [3.8, 4) is 0 Å². The van der Waals surface area contributed by atoms with Crippen LogP contribution >= 0.6 is 0 Å². The molecule has 1 aromatic rings. The molecule has 1 unspecified atom stereocenters. The predicted molar refractivity (Wildman–Crippen MR) is 64.2 cm³/mol. The van der Waals surface area contributed by atoms with Gasteiger partial charge in [-0.15, -0.1) is 0 Å². The fraction of sp³-hybridized carbons (Fsp3) is 0.462. The second-order valence-electron chi connectivity index (χ2n) is 3.79. The van der Waals surface area contributed by atoms with E-state index in [-0.39, 0.29) is 0 Å². The van der Waals surface area contributed by atoms with E-state index in [1.165, 1.54) is 11.1 Å². The number of hydrogen-bond donors (Lipinski definition) is 0. The lowest BCUT2D eigenvalue weighted by molar-refractivity contribution is 0.213. The van der Waals surface area contributed by atoms with E-state index < -0.39 is 0 Å². The Morgan fingerprint density at radius 2 is 1.87 bits per heavy atom. The second kappa shape index (κ2) is 6.23. The van der Waals surface area contributed by atoms with Gasteiger partial charge in [-0.3, -0.25) is 0 Å². The molecule has 0 aromatic heterocycles. The lowest BCUT2D eigenvalue weighted by atomic mass is 10.0. The highest BCUT2D eigenvalue weighted by molar-refractivity contribution is 5.59. The summed E-state index contributed by atoms with van der Waals surface area (Å²) < 4.78 is 0. The fourth-order valence-corrected chi connectivity index (χ4v) is 1.50. The summed E-state index contributed by atoms with van der Waals surface area (Å²) in [5.41, 5.74) is 2.74. The van der Waals surface area contributed by atoms with Crippen molar-refractivity contribution in [3.05, 3.63) is 35.4 Å². The summed E-state index contributed by atoms with van der Waals surface area (Å²) in [5, 5.41) is 3.78. The van der Waals surface area contributed by atoms with E-state index in [0.717, 1.165) is 12.8 Å². The minimum absolute atomic E-state index is 0.414. The Balaban J connectivity index is 2.53. The van der Waals surface area contributed by atoms with Gasteiger partial charge in [-0.1, -0.05) is 43.3 Å². The normalized spacial score (nSPS) is 13.0. The summed E-state index contributed by atoms with van der Waals surface area (Å²) in [7, 11) is 1.57. The number of oxime groups is 1. The topological polar surface area (TPSA) is 21.6 Å². The molecule has 2 heteroatoms. The van der Waals surface area contributed by atoms with E-state index >= 15 is 0 Å². The highest BCUT2D eigenvalue weighted by atomic mass is 16.6. The van der Waals surface area contributed by atoms with E-state index in [4.69, 9.17) is 0 Å². The molecule has 0 heterocycles. The van der Waals surface area contributed by atoms with Gasteiger partial charge in [-0.25, -0.2) is 0 Å². The van der Waals surface area contributed by atoms with Crippen molar-refractivity contribution >= 4 is 6.21 Å². The van der Waals surface area contributed by atoms with Gasteiger partial charge in [0, 0.05) is 6.21 Å². The average molecular weight is 205 g/mol. The van der Waals surface area contributed by atoms with Gasteiger partial charge in [-0.05, 0) is 29.9 Å². The van der Waals surface area contributed by atoms with Crippen LogP contribution in [-0.2, 0) is 17.7 Å². The Kier molecular flexibility index (Phi) is 4.88. The van der Waals surface area contributed by atoms with Crippen molar-refractivity contribution in [1.29, 1.82) is 0 Å². The molecule has 0 saturated carbocycles. The number of hydrogen-bond acceptors (Lipinski definition) is 2. The summed E-state index contributed by atoms with van der Waals surface area (Å²) in [6.45, 7) is 4.30. The van der Waals surface area contributed by atoms with Gasteiger partial charge in [0.25, 0.3) is 0 Å². The number of rotatable bonds is 5. The zero-order valence-corrected chi connectivity index (χ0v) is 9.73. The summed E-state index contributed by atoms with van der Waals surface area (Å²) in [6, 6.07) is 8.76. The van der Waals surface area contributed by atoms with Gasteiger partial charge >= 0.3 is 0 Å². The second-order valence-corrected chi connectivity index (χ2v) is 3.79. The van der Waals surface area contributed by atoms with E-state index in [1.807, 2.05) is 6.21 Å². The summed E-state index contributed by atoms with van der Waals surface area (Å²) in [5.74, 6) is 0.414. The van der Waals surface area contributed by atoms with Gasteiger partial charge in [0.1, 0.15) is 7.11 Å². The quantitative estimate of drug-likeness (QED) is 0.535. The molecule has 1 aromatic carbocycles. The zero-order valence-electron chi connectivity index (χ0n) is 9.73. The maximum atomic E-state index is 4.66. The van der Waals surface area contributed by atoms with Crippen LogP contribution in [0.5, 0.6) is 0 Å². The minimum atomic E-state index is 0.414. The van der Waals surface area contributed by atoms with Gasteiger partial charge in [0.2, 0.25) is 0 Å². The number of aryl methyl sites for hydroxylation is 1. The number of benzene rings is 1. The average Bonchev–Trinajstić information content (AvgIpc) is 2.27. The first-order valence-electron chi connectivity index (χ1n) is 5.40. The standard InChI is InChI=1S/C13H19NO/c1-4-12-5-7-13(8-6-12)9-11(2)10-14-15-3/h5-8,10-11H,4,9H2,1-3H3. The molecular formula is C13H19NO. The fourth-order valence-electron chi connectivity index (χ4n) is 1.50. The Morgan fingerprint density at radius 3 is 2.40 bits per heavy atom. The van der Waals surface area contributed by atoms with E-state index in [2.05, 4.69) is 48.1 Å². The Bertz CT molecular complexity index is 303. The maximum Gasteiger partial charge on any atom is 0.106 e. The minimum Gasteiger partial charge on any atom is -0.399 e. The van der Waals surface area contributed by atoms with Crippen molar-refractivity contribution in [2.75, 3.05) is 7.11 Å². The van der Waals surface area contributed by atoms with Crippen LogP contribution in [0.3, 0.4) is 0 Å². The van der Waals surface area contributed by atoms with Crippen molar-refractivity contribution < 1.29 is 4.84 Å². The van der Waals surface area contributed by atoms with Crippen LogP contribution in [0.4, 0.5) is 0 Å². The molecule has 0 spiro atoms. The third kappa shape index (κ3) is 4.15. The molecule has 0 aliphatic rings. The zero-order chi connectivity index (χ0) is 11.1. The third-order valence-corrected chi connectivity index (χ3v) is 2.41. The molecule has 0 saturated heterocycles. The monoisotopic (exact) mass is 205 g/mol. The van der Waals surface area contributed by atoms with Gasteiger partial charge in [-0.2, -0.15) is 0 Å². The molecule has 0 aliphatic carbocycles. The van der Waals surface area contributed by atoms with Gasteiger partial charge < -0.3 is 4.84 Å². The van der Waals surface area contributed by atoms with Crippen LogP contribution in [0.2, 0.25) is 0 Å². The smallest absolute Gasteiger partial charge is 0.106 e. The van der Waals surface area contributed by atoms with Crippen molar-refractivity contribution in [2.45, 2.75) is 26.7 Å². The summed E-state index contributed by atoms with van der Waals surface area (Å²) in [4.78, 5) is 4.66. The van der Waals surface area contributed by atoms with Crippen LogP contribution < -0.4 is 0 Å². The molecule has 0 bridgehead atoms. The summed E-state index contributed by atoms with van der Waals surface area (Å²) >= 11 is 0. The molecule has 0 radical (unpaired) electrons. The lowest BCUT2D eigenvalue weighted by Crippen LogP contribution is -2.01. The maximum absolute atomic E-state index is 4.66. The van der Waals surface area contributed by atoms with Gasteiger partial charge in [0.05, 0.1) is 0 Å². The molecule has 2 nitrogen and oxygen atoms in total. The van der Waals surface area contributed by atoms with E-state index in [1.54, 1.807) is 7.11 Å². The van der Waals surface area contributed by atoms with E-state index in [9.17, 15) is 0 Å². The molecule has 1 atom stereocenters.